The quantitative estimate of drug-likeness (QED) is 0.432. The molecule has 0 atom stereocenters. The Labute approximate surface area is 175 Å². The van der Waals surface area contributed by atoms with Gasteiger partial charge < -0.3 is 10.2 Å². The minimum absolute atomic E-state index is 0.0615. The average molecular weight is 454 g/mol. The van der Waals surface area contributed by atoms with Crippen molar-refractivity contribution in [1.29, 1.82) is 0 Å². The summed E-state index contributed by atoms with van der Waals surface area (Å²) >= 11 is 1.64. The monoisotopic (exact) mass is 454 g/mol. The summed E-state index contributed by atoms with van der Waals surface area (Å²) in [5.74, 6) is -1.91. The van der Waals surface area contributed by atoms with Gasteiger partial charge in [-0.05, 0) is 25.7 Å². The summed E-state index contributed by atoms with van der Waals surface area (Å²) in [6.07, 6.45) is 1.20. The number of aromatic nitrogens is 2. The molecule has 160 valence electrons. The summed E-state index contributed by atoms with van der Waals surface area (Å²) in [5.41, 5.74) is -2.19. The van der Waals surface area contributed by atoms with Crippen LogP contribution in [0.5, 0.6) is 0 Å². The number of hydrogen-bond acceptors (Lipinski definition) is 8. The topological polar surface area (TPSA) is 153 Å². The average Bonchev–Trinajstić information content (AvgIpc) is 3.06. The lowest BCUT2D eigenvalue weighted by molar-refractivity contribution is -0.138. The summed E-state index contributed by atoms with van der Waals surface area (Å²) in [4.78, 5) is 71.6. The number of unbranched alkanes of at least 4 members (excludes halogenated alkanes) is 2. The molecular formula is C18H18N2O8S2. The molecule has 0 unspecified atom stereocenters. The van der Waals surface area contributed by atoms with E-state index in [1.54, 1.807) is 0 Å². The Kier molecular flexibility index (Phi) is 6.46. The van der Waals surface area contributed by atoms with E-state index < -0.39 is 34.2 Å². The molecule has 3 aromatic rings. The molecule has 0 bridgehead atoms. The molecule has 3 aromatic heterocycles. The lowest BCUT2D eigenvalue weighted by Crippen LogP contribution is -2.25. The summed E-state index contributed by atoms with van der Waals surface area (Å²) in [6, 6.07) is 0. The number of carboxylic acid groups (broad SMARTS) is 2. The maximum Gasteiger partial charge on any atom is 0.303 e. The molecule has 0 aliphatic carbocycles. The van der Waals surface area contributed by atoms with Crippen molar-refractivity contribution in [3.63, 3.8) is 0 Å². The Hall–Kier alpha value is -2.86. The van der Waals surface area contributed by atoms with Gasteiger partial charge in [-0.15, -0.1) is 22.7 Å². The van der Waals surface area contributed by atoms with E-state index in [0.29, 0.717) is 25.7 Å². The SMILES string of the molecule is O=C(O)CCCCn1c(=O)c2sc3c(=O)n(CCCCC(=O)O)c(=O)c3sc2c1=O. The van der Waals surface area contributed by atoms with Crippen molar-refractivity contribution in [2.45, 2.75) is 51.6 Å². The van der Waals surface area contributed by atoms with E-state index >= 15 is 0 Å². The molecule has 0 fully saturated rings. The van der Waals surface area contributed by atoms with Gasteiger partial charge in [-0.25, -0.2) is 0 Å². The van der Waals surface area contributed by atoms with Crippen molar-refractivity contribution in [3.05, 3.63) is 41.4 Å². The number of rotatable bonds is 10. The molecule has 12 heteroatoms. The fourth-order valence-electron chi connectivity index (χ4n) is 3.13. The molecule has 10 nitrogen and oxygen atoms in total. The van der Waals surface area contributed by atoms with Gasteiger partial charge in [-0.2, -0.15) is 0 Å². The van der Waals surface area contributed by atoms with E-state index in [2.05, 4.69) is 0 Å². The Morgan fingerprint density at radius 3 is 1.17 bits per heavy atom. The lowest BCUT2D eigenvalue weighted by Gasteiger charge is -1.98. The van der Waals surface area contributed by atoms with Crippen molar-refractivity contribution in [3.8, 4) is 0 Å². The largest absolute Gasteiger partial charge is 0.481 e. The van der Waals surface area contributed by atoms with E-state index in [1.165, 1.54) is 0 Å². The predicted molar refractivity (Wildman–Crippen MR) is 112 cm³/mol. The van der Waals surface area contributed by atoms with Gasteiger partial charge in [0.15, 0.2) is 0 Å². The minimum atomic E-state index is -0.956. The van der Waals surface area contributed by atoms with Gasteiger partial charge >= 0.3 is 11.9 Å². The highest BCUT2D eigenvalue weighted by Crippen LogP contribution is 2.26. The lowest BCUT2D eigenvalue weighted by atomic mass is 10.2. The van der Waals surface area contributed by atoms with Gasteiger partial charge in [0.2, 0.25) is 0 Å². The third-order valence-corrected chi connectivity index (χ3v) is 7.21. The van der Waals surface area contributed by atoms with Crippen molar-refractivity contribution in [2.75, 3.05) is 0 Å². The number of carboxylic acids is 2. The molecule has 0 aliphatic rings. The van der Waals surface area contributed by atoms with Crippen LogP contribution in [-0.4, -0.2) is 31.3 Å². The molecule has 0 aliphatic heterocycles. The summed E-state index contributed by atoms with van der Waals surface area (Å²) in [6.45, 7) is 0.142. The van der Waals surface area contributed by atoms with Gasteiger partial charge in [0.1, 0.15) is 18.8 Å². The van der Waals surface area contributed by atoms with Crippen LogP contribution >= 0.6 is 22.7 Å². The Morgan fingerprint density at radius 2 is 0.900 bits per heavy atom. The molecule has 3 heterocycles. The summed E-state index contributed by atoms with van der Waals surface area (Å²) in [7, 11) is 0. The first-order chi connectivity index (χ1) is 14.2. The van der Waals surface area contributed by atoms with Crippen LogP contribution < -0.4 is 22.2 Å². The molecule has 0 radical (unpaired) electrons. The standard InChI is InChI=1S/C18H18N2O8S2/c21-9(22)5-1-3-7-19-15(25)11-12(16(19)26)30-14-13(29-11)17(27)20(18(14)28)8-4-2-6-10(23)24/h1-8H2,(H,21,22)(H,23,24). The maximum absolute atomic E-state index is 12.6. The number of nitrogens with zero attached hydrogens (tertiary/aromatic N) is 2. The van der Waals surface area contributed by atoms with E-state index in [9.17, 15) is 28.8 Å². The second kappa shape index (κ2) is 8.88. The number of aliphatic carboxylic acids is 2. The Bertz CT molecular complexity index is 1170. The van der Waals surface area contributed by atoms with Crippen LogP contribution in [0.25, 0.3) is 18.8 Å². The van der Waals surface area contributed by atoms with E-state index in [4.69, 9.17) is 10.2 Å². The normalized spacial score (nSPS) is 11.5. The fourth-order valence-corrected chi connectivity index (χ4v) is 5.54. The van der Waals surface area contributed by atoms with Crippen LogP contribution in [0.1, 0.15) is 38.5 Å². The van der Waals surface area contributed by atoms with Crippen molar-refractivity contribution < 1.29 is 19.8 Å². The van der Waals surface area contributed by atoms with Crippen LogP contribution in [0.4, 0.5) is 0 Å². The molecule has 30 heavy (non-hydrogen) atoms. The number of hydrogen-bond donors (Lipinski definition) is 2. The molecule has 0 spiro atoms. The highest BCUT2D eigenvalue weighted by molar-refractivity contribution is 7.36. The zero-order chi connectivity index (χ0) is 22.0. The van der Waals surface area contributed by atoms with Crippen molar-refractivity contribution in [1.82, 2.24) is 9.13 Å². The second-order valence-electron chi connectivity index (χ2n) is 6.75. The van der Waals surface area contributed by atoms with Crippen LogP contribution in [-0.2, 0) is 22.7 Å². The summed E-state index contributed by atoms with van der Waals surface area (Å²) < 4.78 is 2.47. The first-order valence-corrected chi connectivity index (χ1v) is 10.9. The molecule has 2 N–H and O–H groups in total. The van der Waals surface area contributed by atoms with E-state index in [0.717, 1.165) is 31.8 Å². The second-order valence-corrected chi connectivity index (χ2v) is 8.79. The minimum Gasteiger partial charge on any atom is -0.481 e. The molecular weight excluding hydrogens is 436 g/mol. The maximum atomic E-state index is 12.6. The third-order valence-electron chi connectivity index (χ3n) is 4.62. The van der Waals surface area contributed by atoms with E-state index in [1.807, 2.05) is 0 Å². The van der Waals surface area contributed by atoms with Gasteiger partial charge in [0, 0.05) is 25.9 Å². The van der Waals surface area contributed by atoms with Crippen molar-refractivity contribution in [2.24, 2.45) is 0 Å². The zero-order valence-electron chi connectivity index (χ0n) is 15.7. The van der Waals surface area contributed by atoms with Gasteiger partial charge in [0.25, 0.3) is 22.2 Å². The zero-order valence-corrected chi connectivity index (χ0v) is 17.3. The number of carbonyl (C=O) groups is 2. The third kappa shape index (κ3) is 4.19. The molecule has 0 amide bonds. The highest BCUT2D eigenvalue weighted by Gasteiger charge is 2.21. The highest BCUT2D eigenvalue weighted by atomic mass is 32.1. The van der Waals surface area contributed by atoms with E-state index in [-0.39, 0.29) is 44.7 Å². The van der Waals surface area contributed by atoms with Crippen LogP contribution in [0.15, 0.2) is 19.2 Å². The van der Waals surface area contributed by atoms with Crippen LogP contribution in [0.3, 0.4) is 0 Å². The van der Waals surface area contributed by atoms with Gasteiger partial charge in [-0.3, -0.25) is 37.9 Å². The first kappa shape index (κ1) is 21.8. The smallest absolute Gasteiger partial charge is 0.303 e. The molecule has 0 aromatic carbocycles. The Balaban J connectivity index is 1.95. The summed E-state index contributed by atoms with van der Waals surface area (Å²) in [5, 5.41) is 17.3. The molecule has 0 saturated carbocycles. The number of fused-ring (bicyclic) bond motifs is 2. The first-order valence-electron chi connectivity index (χ1n) is 9.22. The molecule has 0 saturated heterocycles. The predicted octanol–water partition coefficient (Wildman–Crippen LogP) is 1.11. The van der Waals surface area contributed by atoms with Gasteiger partial charge in [-0.1, -0.05) is 0 Å². The van der Waals surface area contributed by atoms with Gasteiger partial charge in [0.05, 0.1) is 0 Å². The Morgan fingerprint density at radius 1 is 0.600 bits per heavy atom. The fraction of sp³-hybridized carbons (Fsp3) is 0.444. The van der Waals surface area contributed by atoms with Crippen LogP contribution in [0, 0.1) is 0 Å². The van der Waals surface area contributed by atoms with Crippen molar-refractivity contribution >= 4 is 53.4 Å². The van der Waals surface area contributed by atoms with Crippen LogP contribution in [0.2, 0.25) is 0 Å². The molecule has 3 rings (SSSR count).